The minimum absolute atomic E-state index is 0.0623. The van der Waals surface area contributed by atoms with Gasteiger partial charge in [0.15, 0.2) is 0 Å². The lowest BCUT2D eigenvalue weighted by atomic mass is 10.1. The number of anilines is 1. The van der Waals surface area contributed by atoms with Gasteiger partial charge in [0.25, 0.3) is 0 Å². The lowest BCUT2D eigenvalue weighted by Gasteiger charge is -2.26. The number of hydrogen-bond donors (Lipinski definition) is 1. The largest absolute Gasteiger partial charge is 0.376 e. The highest BCUT2D eigenvalue weighted by Crippen LogP contribution is 2.25. The molecule has 4 rings (SSSR count). The molecule has 0 saturated carbocycles. The Morgan fingerprint density at radius 3 is 2.66 bits per heavy atom. The normalized spacial score (nSPS) is 15.4. The van der Waals surface area contributed by atoms with Gasteiger partial charge in [0, 0.05) is 30.8 Å². The Hall–Kier alpha value is -3.52. The van der Waals surface area contributed by atoms with Crippen LogP contribution >= 0.6 is 0 Å². The number of ether oxygens (including phenoxy) is 1. The zero-order valence-electron chi connectivity index (χ0n) is 20.3. The summed E-state index contributed by atoms with van der Waals surface area (Å²) in [4.78, 5) is 32.1. The quantitative estimate of drug-likeness (QED) is 0.514. The summed E-state index contributed by atoms with van der Waals surface area (Å²) >= 11 is 0. The van der Waals surface area contributed by atoms with Crippen LogP contribution in [0, 0.1) is 18.7 Å². The lowest BCUT2D eigenvalue weighted by Crippen LogP contribution is -2.44. The van der Waals surface area contributed by atoms with E-state index in [9.17, 15) is 14.0 Å². The Labute approximate surface area is 204 Å². The minimum atomic E-state index is -0.379. The molecule has 1 fully saturated rings. The Kier molecular flexibility index (Phi) is 7.60. The van der Waals surface area contributed by atoms with Gasteiger partial charge in [-0.25, -0.2) is 9.37 Å². The molecule has 1 saturated heterocycles. The van der Waals surface area contributed by atoms with Gasteiger partial charge in [0.05, 0.1) is 17.5 Å². The second-order valence-corrected chi connectivity index (χ2v) is 9.18. The van der Waals surface area contributed by atoms with Crippen molar-refractivity contribution in [1.82, 2.24) is 14.5 Å². The summed E-state index contributed by atoms with van der Waals surface area (Å²) < 4.78 is 21.7. The van der Waals surface area contributed by atoms with Crippen molar-refractivity contribution in [2.75, 3.05) is 25.0 Å². The molecule has 3 aromatic rings. The van der Waals surface area contributed by atoms with Gasteiger partial charge < -0.3 is 9.64 Å². The molecule has 8 heteroatoms. The third-order valence-corrected chi connectivity index (χ3v) is 6.05. The van der Waals surface area contributed by atoms with Crippen LogP contribution in [0.1, 0.15) is 32.3 Å². The van der Waals surface area contributed by atoms with Crippen LogP contribution in [-0.4, -0.2) is 52.1 Å². The first-order chi connectivity index (χ1) is 16.8. The van der Waals surface area contributed by atoms with Crippen LogP contribution < -0.4 is 5.32 Å². The summed E-state index contributed by atoms with van der Waals surface area (Å²) in [6.07, 6.45) is 3.52. The number of aromatic nitrogens is 2. The molecule has 1 aromatic heterocycles. The van der Waals surface area contributed by atoms with Crippen LogP contribution in [0.4, 0.5) is 10.3 Å². The SMILES string of the molecule is Cc1ccc(-n2cc(-c3ccccc3)nc2NC(=O)CN(CC2CCCO2)C(=O)C(C)C)cc1F. The number of carbonyl (C=O) groups is 2. The molecule has 1 atom stereocenters. The number of imidazole rings is 1. The summed E-state index contributed by atoms with van der Waals surface area (Å²) in [7, 11) is 0. The zero-order valence-corrected chi connectivity index (χ0v) is 20.3. The van der Waals surface area contributed by atoms with Crippen molar-refractivity contribution in [3.63, 3.8) is 0 Å². The average molecular weight is 479 g/mol. The fraction of sp³-hybridized carbons (Fsp3) is 0.370. The number of benzene rings is 2. The smallest absolute Gasteiger partial charge is 0.246 e. The van der Waals surface area contributed by atoms with Crippen LogP contribution in [0.15, 0.2) is 54.7 Å². The average Bonchev–Trinajstić information content (AvgIpc) is 3.50. The lowest BCUT2D eigenvalue weighted by molar-refractivity contribution is -0.139. The molecule has 0 aliphatic carbocycles. The fourth-order valence-corrected chi connectivity index (χ4v) is 4.11. The highest BCUT2D eigenvalue weighted by atomic mass is 19.1. The summed E-state index contributed by atoms with van der Waals surface area (Å²) in [6.45, 7) is 6.25. The first-order valence-electron chi connectivity index (χ1n) is 11.9. The number of nitrogens with one attached hydrogen (secondary N) is 1. The minimum Gasteiger partial charge on any atom is -0.376 e. The van der Waals surface area contributed by atoms with E-state index in [0.29, 0.717) is 30.1 Å². The van der Waals surface area contributed by atoms with Gasteiger partial charge in [-0.1, -0.05) is 50.2 Å². The standard InChI is InChI=1S/C27H31FN4O3/c1-18(2)26(34)31(15-22-10-7-13-35-22)17-25(33)30-27-29-24(20-8-5-4-6-9-20)16-32(27)21-12-11-19(3)23(28)14-21/h4-6,8-9,11-12,14,16,18,22H,7,10,13,15,17H2,1-3H3,(H,29,30,33). The maximum atomic E-state index is 14.3. The molecule has 2 aromatic carbocycles. The summed E-state index contributed by atoms with van der Waals surface area (Å²) in [5.74, 6) is -0.821. The molecule has 1 aliphatic rings. The molecule has 0 radical (unpaired) electrons. The fourth-order valence-electron chi connectivity index (χ4n) is 4.11. The van der Waals surface area contributed by atoms with Crippen molar-refractivity contribution in [2.24, 2.45) is 5.92 Å². The molecule has 184 valence electrons. The van der Waals surface area contributed by atoms with Crippen molar-refractivity contribution >= 4 is 17.8 Å². The van der Waals surface area contributed by atoms with E-state index in [0.717, 1.165) is 18.4 Å². The Morgan fingerprint density at radius 2 is 2.00 bits per heavy atom. The molecule has 0 spiro atoms. The van der Waals surface area contributed by atoms with Crippen LogP contribution in [-0.2, 0) is 14.3 Å². The number of halogens is 1. The molecular weight excluding hydrogens is 447 g/mol. The molecule has 0 bridgehead atoms. The van der Waals surface area contributed by atoms with E-state index in [1.807, 2.05) is 44.2 Å². The molecule has 1 unspecified atom stereocenters. The van der Waals surface area contributed by atoms with Gasteiger partial charge in [-0.05, 0) is 37.5 Å². The molecule has 2 amide bonds. The molecule has 7 nitrogen and oxygen atoms in total. The number of nitrogens with zero attached hydrogens (tertiary/aromatic N) is 3. The number of rotatable bonds is 8. The van der Waals surface area contributed by atoms with Crippen LogP contribution in [0.3, 0.4) is 0 Å². The van der Waals surface area contributed by atoms with Gasteiger partial charge in [0.1, 0.15) is 12.4 Å². The Balaban J connectivity index is 1.60. The number of amides is 2. The van der Waals surface area contributed by atoms with Crippen LogP contribution in [0.25, 0.3) is 16.9 Å². The van der Waals surface area contributed by atoms with E-state index < -0.39 is 0 Å². The summed E-state index contributed by atoms with van der Waals surface area (Å²) in [5.41, 5.74) is 2.56. The number of aryl methyl sites for hydroxylation is 1. The molecule has 35 heavy (non-hydrogen) atoms. The van der Waals surface area contributed by atoms with Crippen molar-refractivity contribution < 1.29 is 18.7 Å². The van der Waals surface area contributed by atoms with Crippen molar-refractivity contribution in [2.45, 2.75) is 39.7 Å². The van der Waals surface area contributed by atoms with Gasteiger partial charge >= 0.3 is 0 Å². The van der Waals surface area contributed by atoms with Crippen LogP contribution in [0.2, 0.25) is 0 Å². The van der Waals surface area contributed by atoms with E-state index >= 15 is 0 Å². The van der Waals surface area contributed by atoms with Crippen molar-refractivity contribution in [3.8, 4) is 16.9 Å². The molecule has 2 heterocycles. The second-order valence-electron chi connectivity index (χ2n) is 9.18. The number of carbonyl (C=O) groups excluding carboxylic acids is 2. The highest BCUT2D eigenvalue weighted by Gasteiger charge is 2.26. The number of hydrogen-bond acceptors (Lipinski definition) is 4. The first-order valence-corrected chi connectivity index (χ1v) is 11.9. The third-order valence-electron chi connectivity index (χ3n) is 6.05. The Bertz CT molecular complexity index is 1190. The summed E-state index contributed by atoms with van der Waals surface area (Å²) in [5, 5.41) is 2.84. The Morgan fingerprint density at radius 1 is 1.23 bits per heavy atom. The van der Waals surface area contributed by atoms with E-state index in [2.05, 4.69) is 10.3 Å². The maximum absolute atomic E-state index is 14.3. The van der Waals surface area contributed by atoms with E-state index in [1.54, 1.807) is 34.7 Å². The topological polar surface area (TPSA) is 76.5 Å². The third kappa shape index (κ3) is 5.95. The first kappa shape index (κ1) is 24.6. The summed E-state index contributed by atoms with van der Waals surface area (Å²) in [6, 6.07) is 14.4. The predicted molar refractivity (Wildman–Crippen MR) is 133 cm³/mol. The van der Waals surface area contributed by atoms with Crippen molar-refractivity contribution in [3.05, 3.63) is 66.1 Å². The van der Waals surface area contributed by atoms with Gasteiger partial charge in [-0.15, -0.1) is 0 Å². The highest BCUT2D eigenvalue weighted by molar-refractivity contribution is 5.94. The van der Waals surface area contributed by atoms with Gasteiger partial charge in [0.2, 0.25) is 17.8 Å². The van der Waals surface area contributed by atoms with E-state index in [4.69, 9.17) is 4.74 Å². The second kappa shape index (κ2) is 10.8. The molecule has 1 N–H and O–H groups in total. The zero-order chi connectivity index (χ0) is 24.9. The molecule has 1 aliphatic heterocycles. The molecular formula is C27H31FN4O3. The van der Waals surface area contributed by atoms with E-state index in [1.165, 1.54) is 6.07 Å². The van der Waals surface area contributed by atoms with Crippen LogP contribution in [0.5, 0.6) is 0 Å². The van der Waals surface area contributed by atoms with Crippen molar-refractivity contribution in [1.29, 1.82) is 0 Å². The predicted octanol–water partition coefficient (Wildman–Crippen LogP) is 4.59. The van der Waals surface area contributed by atoms with E-state index in [-0.39, 0.29) is 42.1 Å². The maximum Gasteiger partial charge on any atom is 0.246 e. The van der Waals surface area contributed by atoms with Gasteiger partial charge in [-0.2, -0.15) is 0 Å². The van der Waals surface area contributed by atoms with Gasteiger partial charge in [-0.3, -0.25) is 19.5 Å². The monoisotopic (exact) mass is 478 g/mol.